The zero-order valence-electron chi connectivity index (χ0n) is 11.5. The van der Waals surface area contributed by atoms with Gasteiger partial charge in [-0.2, -0.15) is 5.10 Å². The van der Waals surface area contributed by atoms with Crippen LogP contribution in [0.3, 0.4) is 0 Å². The highest BCUT2D eigenvalue weighted by Crippen LogP contribution is 2.34. The van der Waals surface area contributed by atoms with Crippen LogP contribution in [-0.2, 0) is 0 Å². The van der Waals surface area contributed by atoms with Crippen LogP contribution in [0.2, 0.25) is 0 Å². The first kappa shape index (κ1) is 12.5. The van der Waals surface area contributed by atoms with Gasteiger partial charge in [-0.05, 0) is 44.0 Å². The Morgan fingerprint density at radius 2 is 1.89 bits per heavy atom. The molecule has 4 nitrogen and oxygen atoms in total. The Kier molecular flexibility index (Phi) is 3.28. The SMILES string of the molecule is CNc1c(-c2ccc(OC)c(C)c2C)n[nH]c1C. The second-order valence-corrected chi connectivity index (χ2v) is 4.39. The number of hydrogen-bond acceptors (Lipinski definition) is 3. The van der Waals surface area contributed by atoms with Crippen molar-refractivity contribution in [3.8, 4) is 17.0 Å². The van der Waals surface area contributed by atoms with E-state index in [0.29, 0.717) is 0 Å². The number of nitrogens with one attached hydrogen (secondary N) is 2. The summed E-state index contributed by atoms with van der Waals surface area (Å²) in [6.45, 7) is 6.17. The van der Waals surface area contributed by atoms with E-state index in [2.05, 4.69) is 35.4 Å². The Morgan fingerprint density at radius 3 is 2.50 bits per heavy atom. The lowest BCUT2D eigenvalue weighted by Gasteiger charge is -2.12. The minimum Gasteiger partial charge on any atom is -0.496 e. The summed E-state index contributed by atoms with van der Waals surface area (Å²) in [5.41, 5.74) is 6.51. The number of rotatable bonds is 3. The van der Waals surface area contributed by atoms with Gasteiger partial charge in [0.25, 0.3) is 0 Å². The molecule has 0 aliphatic heterocycles. The van der Waals surface area contributed by atoms with Gasteiger partial charge in [-0.25, -0.2) is 0 Å². The van der Waals surface area contributed by atoms with Crippen molar-refractivity contribution in [3.63, 3.8) is 0 Å². The van der Waals surface area contributed by atoms with Gasteiger partial charge in [0.2, 0.25) is 0 Å². The number of ether oxygens (including phenoxy) is 1. The van der Waals surface area contributed by atoms with E-state index in [-0.39, 0.29) is 0 Å². The molecule has 18 heavy (non-hydrogen) atoms. The van der Waals surface area contributed by atoms with Crippen molar-refractivity contribution < 1.29 is 4.74 Å². The molecule has 4 heteroatoms. The Bertz CT molecular complexity index is 573. The highest BCUT2D eigenvalue weighted by atomic mass is 16.5. The Labute approximate surface area is 107 Å². The zero-order chi connectivity index (χ0) is 13.3. The van der Waals surface area contributed by atoms with E-state index in [1.165, 1.54) is 5.56 Å². The predicted molar refractivity (Wildman–Crippen MR) is 74.3 cm³/mol. The molecule has 0 saturated carbocycles. The molecule has 1 aromatic carbocycles. The zero-order valence-corrected chi connectivity index (χ0v) is 11.5. The fourth-order valence-corrected chi connectivity index (χ4v) is 2.20. The topological polar surface area (TPSA) is 49.9 Å². The van der Waals surface area contributed by atoms with Crippen LogP contribution in [0.25, 0.3) is 11.3 Å². The smallest absolute Gasteiger partial charge is 0.122 e. The Balaban J connectivity index is 2.61. The maximum atomic E-state index is 5.33. The highest BCUT2D eigenvalue weighted by Gasteiger charge is 2.15. The molecule has 0 fully saturated rings. The molecule has 2 rings (SSSR count). The molecule has 2 aromatic rings. The summed E-state index contributed by atoms with van der Waals surface area (Å²) >= 11 is 0. The standard InChI is InChI=1S/C14H19N3O/c1-8-9(2)12(18-5)7-6-11(8)14-13(15-4)10(3)16-17-14/h6-7,15H,1-5H3,(H,16,17). The molecule has 1 aromatic heterocycles. The number of aromatic amines is 1. The van der Waals surface area contributed by atoms with Gasteiger partial charge >= 0.3 is 0 Å². The number of hydrogen-bond donors (Lipinski definition) is 2. The minimum atomic E-state index is 0.912. The molecular weight excluding hydrogens is 226 g/mol. The van der Waals surface area contributed by atoms with Gasteiger partial charge in [-0.3, -0.25) is 5.10 Å². The predicted octanol–water partition coefficient (Wildman–Crippen LogP) is 3.05. The van der Waals surface area contributed by atoms with E-state index in [0.717, 1.165) is 34.0 Å². The van der Waals surface area contributed by atoms with Gasteiger partial charge < -0.3 is 10.1 Å². The quantitative estimate of drug-likeness (QED) is 0.873. The van der Waals surface area contributed by atoms with E-state index in [9.17, 15) is 0 Å². The van der Waals surface area contributed by atoms with Crippen molar-refractivity contribution in [1.29, 1.82) is 0 Å². The summed E-state index contributed by atoms with van der Waals surface area (Å²) in [6, 6.07) is 4.04. The fraction of sp³-hybridized carbons (Fsp3) is 0.357. The summed E-state index contributed by atoms with van der Waals surface area (Å²) in [4.78, 5) is 0. The van der Waals surface area contributed by atoms with Gasteiger partial charge in [0.15, 0.2) is 0 Å². The monoisotopic (exact) mass is 245 g/mol. The lowest BCUT2D eigenvalue weighted by molar-refractivity contribution is 0.411. The van der Waals surface area contributed by atoms with Gasteiger partial charge in [-0.15, -0.1) is 0 Å². The number of anilines is 1. The number of benzene rings is 1. The van der Waals surface area contributed by atoms with Crippen molar-refractivity contribution in [3.05, 3.63) is 29.0 Å². The number of aromatic nitrogens is 2. The number of H-pyrrole nitrogens is 1. The van der Waals surface area contributed by atoms with E-state index in [4.69, 9.17) is 4.74 Å². The van der Waals surface area contributed by atoms with E-state index < -0.39 is 0 Å². The number of methoxy groups -OCH3 is 1. The van der Waals surface area contributed by atoms with Crippen molar-refractivity contribution in [2.75, 3.05) is 19.5 Å². The number of nitrogens with zero attached hydrogens (tertiary/aromatic N) is 1. The maximum Gasteiger partial charge on any atom is 0.122 e. The molecule has 0 aliphatic carbocycles. The van der Waals surface area contributed by atoms with Crippen LogP contribution in [0.1, 0.15) is 16.8 Å². The Morgan fingerprint density at radius 1 is 1.17 bits per heavy atom. The second-order valence-electron chi connectivity index (χ2n) is 4.39. The second kappa shape index (κ2) is 4.72. The summed E-state index contributed by atoms with van der Waals surface area (Å²) in [5.74, 6) is 0.912. The van der Waals surface area contributed by atoms with Crippen molar-refractivity contribution >= 4 is 5.69 Å². The molecule has 0 unspecified atom stereocenters. The first-order chi connectivity index (χ1) is 8.60. The maximum absolute atomic E-state index is 5.33. The first-order valence-electron chi connectivity index (χ1n) is 5.97. The van der Waals surface area contributed by atoms with E-state index >= 15 is 0 Å². The summed E-state index contributed by atoms with van der Waals surface area (Å²) in [7, 11) is 3.60. The van der Waals surface area contributed by atoms with Crippen molar-refractivity contribution in [2.45, 2.75) is 20.8 Å². The molecule has 2 N–H and O–H groups in total. The lowest BCUT2D eigenvalue weighted by Crippen LogP contribution is -1.96. The van der Waals surface area contributed by atoms with E-state index in [1.54, 1.807) is 7.11 Å². The third kappa shape index (κ3) is 1.83. The summed E-state index contributed by atoms with van der Waals surface area (Å²) < 4.78 is 5.33. The largest absolute Gasteiger partial charge is 0.496 e. The highest BCUT2D eigenvalue weighted by molar-refractivity contribution is 5.79. The molecule has 1 heterocycles. The fourth-order valence-electron chi connectivity index (χ4n) is 2.20. The molecule has 0 amide bonds. The Hall–Kier alpha value is -1.97. The van der Waals surface area contributed by atoms with Crippen LogP contribution in [0, 0.1) is 20.8 Å². The van der Waals surface area contributed by atoms with Crippen LogP contribution >= 0.6 is 0 Å². The molecule has 0 spiro atoms. The normalized spacial score (nSPS) is 10.5. The van der Waals surface area contributed by atoms with Crippen LogP contribution in [-0.4, -0.2) is 24.4 Å². The van der Waals surface area contributed by atoms with Gasteiger partial charge in [-0.1, -0.05) is 0 Å². The molecular formula is C14H19N3O. The average Bonchev–Trinajstić information content (AvgIpc) is 2.73. The van der Waals surface area contributed by atoms with Gasteiger partial charge in [0, 0.05) is 12.6 Å². The van der Waals surface area contributed by atoms with Gasteiger partial charge in [0.1, 0.15) is 11.4 Å². The molecule has 0 saturated heterocycles. The van der Waals surface area contributed by atoms with Crippen molar-refractivity contribution in [2.24, 2.45) is 0 Å². The molecule has 0 radical (unpaired) electrons. The first-order valence-corrected chi connectivity index (χ1v) is 5.97. The summed E-state index contributed by atoms with van der Waals surface area (Å²) in [6.07, 6.45) is 0. The molecule has 96 valence electrons. The summed E-state index contributed by atoms with van der Waals surface area (Å²) in [5, 5.41) is 10.6. The van der Waals surface area contributed by atoms with Crippen LogP contribution in [0.4, 0.5) is 5.69 Å². The van der Waals surface area contributed by atoms with Crippen LogP contribution < -0.4 is 10.1 Å². The average molecular weight is 245 g/mol. The minimum absolute atomic E-state index is 0.912. The molecule has 0 atom stereocenters. The van der Waals surface area contributed by atoms with Gasteiger partial charge in [0.05, 0.1) is 18.5 Å². The van der Waals surface area contributed by atoms with Crippen LogP contribution in [0.5, 0.6) is 5.75 Å². The lowest BCUT2D eigenvalue weighted by atomic mass is 9.99. The van der Waals surface area contributed by atoms with Crippen LogP contribution in [0.15, 0.2) is 12.1 Å². The van der Waals surface area contributed by atoms with Crippen molar-refractivity contribution in [1.82, 2.24) is 10.2 Å². The third-order valence-electron chi connectivity index (χ3n) is 3.41. The van der Waals surface area contributed by atoms with E-state index in [1.807, 2.05) is 20.0 Å². The molecule has 0 bridgehead atoms. The molecule has 0 aliphatic rings. The number of aryl methyl sites for hydroxylation is 1. The third-order valence-corrected chi connectivity index (χ3v) is 3.41.